The highest BCUT2D eigenvalue weighted by atomic mass is 32.1. The number of hydrogen-bond donors (Lipinski definition) is 2. The minimum Gasteiger partial charge on any atom is -0.385 e. The topological polar surface area (TPSA) is 54.0 Å². The Kier molecular flexibility index (Phi) is 3.92. The molecule has 2 aromatic rings. The van der Waals surface area contributed by atoms with Gasteiger partial charge in [-0.05, 0) is 56.9 Å². The first-order valence-corrected chi connectivity index (χ1v) is 8.13. The number of hydrogen-bond acceptors (Lipinski definition) is 4. The monoisotopic (exact) mass is 301 g/mol. The molecule has 1 aliphatic carbocycles. The van der Waals surface area contributed by atoms with Crippen molar-refractivity contribution in [2.24, 2.45) is 0 Å². The van der Waals surface area contributed by atoms with Gasteiger partial charge in [-0.1, -0.05) is 0 Å². The van der Waals surface area contributed by atoms with Crippen LogP contribution in [0.25, 0.3) is 0 Å². The molecule has 21 heavy (non-hydrogen) atoms. The Bertz CT molecular complexity index is 657. The van der Waals surface area contributed by atoms with Gasteiger partial charge in [0.15, 0.2) is 5.13 Å². The third kappa shape index (κ3) is 2.93. The van der Waals surface area contributed by atoms with Crippen LogP contribution >= 0.6 is 11.3 Å². The maximum absolute atomic E-state index is 12.4. The molecule has 4 nitrogen and oxygen atoms in total. The third-order valence-electron chi connectivity index (χ3n) is 3.67. The van der Waals surface area contributed by atoms with Crippen LogP contribution in [-0.2, 0) is 12.8 Å². The van der Waals surface area contributed by atoms with Crippen molar-refractivity contribution in [3.05, 3.63) is 39.9 Å². The van der Waals surface area contributed by atoms with Gasteiger partial charge in [-0.15, -0.1) is 11.3 Å². The molecule has 1 aromatic heterocycles. The van der Waals surface area contributed by atoms with Crippen molar-refractivity contribution in [2.45, 2.75) is 33.1 Å². The van der Waals surface area contributed by atoms with Crippen molar-refractivity contribution in [1.29, 1.82) is 0 Å². The molecule has 0 bridgehead atoms. The summed E-state index contributed by atoms with van der Waals surface area (Å²) in [5.41, 5.74) is 3.87. The van der Waals surface area contributed by atoms with Crippen LogP contribution in [0.5, 0.6) is 0 Å². The average molecular weight is 301 g/mol. The van der Waals surface area contributed by atoms with Gasteiger partial charge in [0.05, 0.1) is 5.69 Å². The summed E-state index contributed by atoms with van der Waals surface area (Å²) >= 11 is 1.61. The van der Waals surface area contributed by atoms with Crippen molar-refractivity contribution in [1.82, 2.24) is 4.98 Å². The fourth-order valence-electron chi connectivity index (χ4n) is 2.64. The van der Waals surface area contributed by atoms with Crippen LogP contribution in [0.4, 0.5) is 10.8 Å². The predicted molar refractivity (Wildman–Crippen MR) is 87.4 cm³/mol. The first-order chi connectivity index (χ1) is 10.2. The molecule has 0 atom stereocenters. The number of benzene rings is 1. The van der Waals surface area contributed by atoms with Crippen LogP contribution < -0.4 is 10.6 Å². The van der Waals surface area contributed by atoms with Crippen molar-refractivity contribution >= 4 is 28.1 Å². The van der Waals surface area contributed by atoms with E-state index in [9.17, 15) is 4.79 Å². The lowest BCUT2D eigenvalue weighted by atomic mass is 10.1. The van der Waals surface area contributed by atoms with Crippen molar-refractivity contribution in [3.8, 4) is 0 Å². The maximum atomic E-state index is 12.4. The molecule has 0 unspecified atom stereocenters. The Labute approximate surface area is 128 Å². The van der Waals surface area contributed by atoms with Crippen LogP contribution in [0, 0.1) is 6.92 Å². The Morgan fingerprint density at radius 3 is 2.95 bits per heavy atom. The molecule has 5 heteroatoms. The molecule has 2 N–H and O–H groups in total. The number of nitrogens with zero attached hydrogens (tertiary/aromatic N) is 1. The summed E-state index contributed by atoms with van der Waals surface area (Å²) in [5.74, 6) is -0.0806. The van der Waals surface area contributed by atoms with Gasteiger partial charge < -0.3 is 5.32 Å². The minimum absolute atomic E-state index is 0.0806. The number of carbonyl (C=O) groups excluding carboxylic acids is 1. The first-order valence-electron chi connectivity index (χ1n) is 7.32. The van der Waals surface area contributed by atoms with E-state index in [-0.39, 0.29) is 5.91 Å². The van der Waals surface area contributed by atoms with E-state index >= 15 is 0 Å². The summed E-state index contributed by atoms with van der Waals surface area (Å²) in [6, 6.07) is 5.80. The number of rotatable bonds is 4. The number of fused-ring (bicyclic) bond motifs is 1. The Balaban J connectivity index is 1.75. The second kappa shape index (κ2) is 5.85. The third-order valence-corrected chi connectivity index (χ3v) is 4.74. The molecule has 0 saturated heterocycles. The number of nitrogens with one attached hydrogen (secondary N) is 2. The van der Waals surface area contributed by atoms with E-state index in [1.807, 2.05) is 25.1 Å². The quantitative estimate of drug-likeness (QED) is 0.907. The number of amides is 1. The van der Waals surface area contributed by atoms with E-state index < -0.39 is 0 Å². The molecule has 1 heterocycles. The summed E-state index contributed by atoms with van der Waals surface area (Å²) in [7, 11) is 0. The molecule has 0 radical (unpaired) electrons. The summed E-state index contributed by atoms with van der Waals surface area (Å²) in [5, 5.41) is 6.90. The molecule has 3 rings (SSSR count). The SMILES string of the molecule is CCNc1ccc(C(=O)Nc2nc3c(s2)CCC3)c(C)c1. The molecule has 1 aromatic carbocycles. The molecule has 1 aliphatic rings. The fraction of sp³-hybridized carbons (Fsp3) is 0.375. The van der Waals surface area contributed by atoms with Gasteiger partial charge in [-0.2, -0.15) is 0 Å². The maximum Gasteiger partial charge on any atom is 0.257 e. The highest BCUT2D eigenvalue weighted by Crippen LogP contribution is 2.30. The number of carbonyl (C=O) groups is 1. The molecule has 110 valence electrons. The highest BCUT2D eigenvalue weighted by molar-refractivity contribution is 7.16. The first kappa shape index (κ1) is 14.1. The average Bonchev–Trinajstić information content (AvgIpc) is 3.00. The molecule has 1 amide bonds. The zero-order valence-electron chi connectivity index (χ0n) is 12.3. The molecule has 0 saturated carbocycles. The summed E-state index contributed by atoms with van der Waals surface area (Å²) in [6.45, 7) is 4.88. The highest BCUT2D eigenvalue weighted by Gasteiger charge is 2.18. The smallest absolute Gasteiger partial charge is 0.257 e. The van der Waals surface area contributed by atoms with E-state index in [0.29, 0.717) is 5.56 Å². The molecule has 0 aliphatic heterocycles. The molecular formula is C16H19N3OS. The zero-order valence-corrected chi connectivity index (χ0v) is 13.1. The van der Waals surface area contributed by atoms with Crippen LogP contribution in [0.2, 0.25) is 0 Å². The van der Waals surface area contributed by atoms with Gasteiger partial charge in [0.2, 0.25) is 0 Å². The van der Waals surface area contributed by atoms with Gasteiger partial charge >= 0.3 is 0 Å². The minimum atomic E-state index is -0.0806. The second-order valence-corrected chi connectivity index (χ2v) is 6.34. The van der Waals surface area contributed by atoms with E-state index in [1.165, 1.54) is 11.3 Å². The van der Waals surface area contributed by atoms with Crippen LogP contribution in [0.15, 0.2) is 18.2 Å². The Hall–Kier alpha value is -1.88. The molecule has 0 spiro atoms. The number of aryl methyl sites for hydroxylation is 3. The van der Waals surface area contributed by atoms with Gasteiger partial charge in [0, 0.05) is 22.7 Å². The van der Waals surface area contributed by atoms with Crippen molar-refractivity contribution in [3.63, 3.8) is 0 Å². The lowest BCUT2D eigenvalue weighted by Gasteiger charge is -2.09. The lowest BCUT2D eigenvalue weighted by molar-refractivity contribution is 0.102. The number of aromatic nitrogens is 1. The van der Waals surface area contributed by atoms with Crippen LogP contribution in [-0.4, -0.2) is 17.4 Å². The van der Waals surface area contributed by atoms with Crippen molar-refractivity contribution < 1.29 is 4.79 Å². The van der Waals surface area contributed by atoms with Crippen LogP contribution in [0.3, 0.4) is 0 Å². The summed E-state index contributed by atoms with van der Waals surface area (Å²) < 4.78 is 0. The van der Waals surface area contributed by atoms with Crippen LogP contribution in [0.1, 0.15) is 39.8 Å². The normalized spacial score (nSPS) is 13.0. The van der Waals surface area contributed by atoms with E-state index in [2.05, 4.69) is 22.5 Å². The van der Waals surface area contributed by atoms with Crippen molar-refractivity contribution in [2.75, 3.05) is 17.2 Å². The largest absolute Gasteiger partial charge is 0.385 e. The summed E-state index contributed by atoms with van der Waals surface area (Å²) in [6.07, 6.45) is 3.32. The second-order valence-electron chi connectivity index (χ2n) is 5.26. The summed E-state index contributed by atoms with van der Waals surface area (Å²) in [4.78, 5) is 18.2. The van der Waals surface area contributed by atoms with E-state index in [1.54, 1.807) is 11.3 Å². The zero-order chi connectivity index (χ0) is 14.8. The lowest BCUT2D eigenvalue weighted by Crippen LogP contribution is -2.13. The van der Waals surface area contributed by atoms with Gasteiger partial charge in [0.25, 0.3) is 5.91 Å². The standard InChI is InChI=1S/C16H19N3OS/c1-3-17-11-7-8-12(10(2)9-11)15(20)19-16-18-13-5-4-6-14(13)21-16/h7-9,17H,3-6H2,1-2H3,(H,18,19,20). The van der Waals surface area contributed by atoms with Gasteiger partial charge in [0.1, 0.15) is 0 Å². The van der Waals surface area contributed by atoms with E-state index in [4.69, 9.17) is 0 Å². The predicted octanol–water partition coefficient (Wildman–Crippen LogP) is 3.62. The van der Waals surface area contributed by atoms with Gasteiger partial charge in [-0.3, -0.25) is 10.1 Å². The Morgan fingerprint density at radius 1 is 1.38 bits per heavy atom. The molecule has 0 fully saturated rings. The fourth-order valence-corrected chi connectivity index (χ4v) is 3.69. The van der Waals surface area contributed by atoms with E-state index in [0.717, 1.165) is 41.5 Å². The van der Waals surface area contributed by atoms with Gasteiger partial charge in [-0.25, -0.2) is 4.98 Å². The number of anilines is 2. The Morgan fingerprint density at radius 2 is 2.24 bits per heavy atom. The molecular weight excluding hydrogens is 282 g/mol. The number of thiazole rings is 1.